The summed E-state index contributed by atoms with van der Waals surface area (Å²) in [6, 6.07) is 169. The predicted octanol–water partition coefficient (Wildman–Crippen LogP) is 32.4. The van der Waals surface area contributed by atoms with Gasteiger partial charge in [-0.1, -0.05) is 406 Å². The first-order chi connectivity index (χ1) is 71.9. The molecule has 0 aliphatic rings. The van der Waals surface area contributed by atoms with Crippen molar-refractivity contribution in [3.05, 3.63) is 498 Å². The van der Waals surface area contributed by atoms with Crippen LogP contribution in [0.4, 0.5) is 0 Å². The smallest absolute Gasteiger partial charge is 0.165 e. The lowest BCUT2D eigenvalue weighted by Gasteiger charge is -2.11. The molecule has 0 fully saturated rings. The Hall–Kier alpha value is -19.8. The van der Waals surface area contributed by atoms with Crippen molar-refractivity contribution in [3.63, 3.8) is 0 Å². The average molecular weight is 1850 g/mol. The molecule has 0 aliphatic carbocycles. The van der Waals surface area contributed by atoms with Crippen LogP contribution < -0.4 is 0 Å². The van der Waals surface area contributed by atoms with E-state index in [1.54, 1.807) is 0 Å². The SMILES string of the molecule is c1ccc(-c2nc(-c3ccc(-n4c5ccc6ccccc6c5c5c6ccccc6ccc54)nc3)nc(-c3ccc4ccccc4c3)n2)cc1.c1ccc(-c2nc(-c3ccccc3)nc(-c3ccc(-c4ccc(-n5c6ccc7ccccc7c6c6c7ccccc7ccc65)cc4)cc3)n2)cc1.c1ccc(-c2nc(-c3ccccc3)nc(-c3ccc(-n4c5ccc6ccccc6c5c5c6ccccc6ccc54)nc3)n2)cc1. The van der Waals surface area contributed by atoms with E-state index in [-0.39, 0.29) is 0 Å². The van der Waals surface area contributed by atoms with E-state index in [4.69, 9.17) is 54.8 Å². The number of rotatable bonds is 13. The lowest BCUT2D eigenvalue weighted by atomic mass is 10.00. The second kappa shape index (κ2) is 35.9. The van der Waals surface area contributed by atoms with Gasteiger partial charge in [0.15, 0.2) is 52.4 Å². The molecule has 8 heterocycles. The van der Waals surface area contributed by atoms with E-state index in [1.165, 1.54) is 113 Å². The van der Waals surface area contributed by atoms with Crippen LogP contribution in [0.2, 0.25) is 0 Å². The highest BCUT2D eigenvalue weighted by molar-refractivity contribution is 6.31. The Bertz CT molecular complexity index is 9710. The molecule has 29 aromatic rings. The first-order valence-electron chi connectivity index (χ1n) is 48.6. The Morgan fingerprint density at radius 3 is 0.607 bits per heavy atom. The normalized spacial score (nSPS) is 11.6. The zero-order chi connectivity index (χ0) is 95.8. The minimum atomic E-state index is 0.579. The molecule has 14 heteroatoms. The molecule has 21 aromatic carbocycles. The summed E-state index contributed by atoms with van der Waals surface area (Å²) in [5.74, 6) is 7.31. The second-order valence-corrected chi connectivity index (χ2v) is 36.3. The van der Waals surface area contributed by atoms with Crippen molar-refractivity contribution in [2.75, 3.05) is 0 Å². The maximum Gasteiger partial charge on any atom is 0.165 e. The molecule has 0 bridgehead atoms. The highest BCUT2D eigenvalue weighted by atomic mass is 15.1. The molecule has 145 heavy (non-hydrogen) atoms. The van der Waals surface area contributed by atoms with Crippen LogP contribution in [-0.2, 0) is 0 Å². The quantitative estimate of drug-likeness (QED) is 0.108. The third-order valence-corrected chi connectivity index (χ3v) is 27.8. The molecule has 0 unspecified atom stereocenters. The molecule has 0 spiro atoms. The number of benzene rings is 21. The van der Waals surface area contributed by atoms with Crippen LogP contribution in [0.25, 0.3) is 272 Å². The van der Waals surface area contributed by atoms with E-state index >= 15 is 0 Å². The van der Waals surface area contributed by atoms with E-state index in [2.05, 4.69) is 347 Å². The maximum absolute atomic E-state index is 5.07. The Kier molecular flexibility index (Phi) is 20.9. The Labute approximate surface area is 832 Å². The highest BCUT2D eigenvalue weighted by Gasteiger charge is 2.25. The molecule has 0 saturated heterocycles. The molecule has 0 N–H and O–H groups in total. The van der Waals surface area contributed by atoms with Gasteiger partial charge in [0.1, 0.15) is 11.6 Å². The van der Waals surface area contributed by atoms with Crippen molar-refractivity contribution in [1.82, 2.24) is 68.5 Å². The molecule has 14 nitrogen and oxygen atoms in total. The first kappa shape index (κ1) is 84.5. The molecule has 8 aromatic heterocycles. The van der Waals surface area contributed by atoms with Crippen molar-refractivity contribution in [3.8, 4) is 131 Å². The molecule has 0 atom stereocenters. The number of hydrogen-bond donors (Lipinski definition) is 0. The summed E-state index contributed by atoms with van der Waals surface area (Å²) in [5, 5.41) is 24.7. The Balaban J connectivity index is 0.000000108. The van der Waals surface area contributed by atoms with Gasteiger partial charge in [-0.15, -0.1) is 0 Å². The molecule has 0 amide bonds. The zero-order valence-corrected chi connectivity index (χ0v) is 78.1. The first-order valence-corrected chi connectivity index (χ1v) is 48.6. The molecule has 0 saturated carbocycles. The second-order valence-electron chi connectivity index (χ2n) is 36.3. The molecule has 29 rings (SSSR count). The van der Waals surface area contributed by atoms with Crippen molar-refractivity contribution < 1.29 is 0 Å². The number of hydrogen-bond acceptors (Lipinski definition) is 11. The van der Waals surface area contributed by atoms with E-state index < -0.39 is 0 Å². The summed E-state index contributed by atoms with van der Waals surface area (Å²) >= 11 is 0. The third-order valence-electron chi connectivity index (χ3n) is 27.8. The van der Waals surface area contributed by atoms with Crippen LogP contribution >= 0.6 is 0 Å². The van der Waals surface area contributed by atoms with Crippen LogP contribution in [0.1, 0.15) is 0 Å². The summed E-state index contributed by atoms with van der Waals surface area (Å²) in [5.41, 5.74) is 18.6. The minimum absolute atomic E-state index is 0.579. The monoisotopic (exact) mass is 1850 g/mol. The largest absolute Gasteiger partial charge is 0.309 e. The van der Waals surface area contributed by atoms with Crippen molar-refractivity contribution in [2.45, 2.75) is 0 Å². The summed E-state index contributed by atoms with van der Waals surface area (Å²) in [6.45, 7) is 0. The fraction of sp³-hybridized carbons (Fsp3) is 0. The van der Waals surface area contributed by atoms with E-state index in [0.29, 0.717) is 52.4 Å². The van der Waals surface area contributed by atoms with Crippen LogP contribution in [0, 0.1) is 0 Å². The fourth-order valence-electron chi connectivity index (χ4n) is 20.9. The standard InChI is InChI=1S/C47H30N4.C44H27N5.C40H25N5/c1-3-13-35(14-4-1)45-48-46(36-15-5-2-6-16-36)50-47(49-45)37-21-19-31(20-22-37)32-23-27-38(28-24-32)51-41-29-25-33-11-7-9-17-39(33)43(41)44-40-18-10-8-12-34(40)26-30-42(44)51;1-2-13-31(14-3-1)42-46-43(33-19-18-28-10-4-5-15-32(28)26-33)48-44(47-42)34-22-25-39(45-27-34)49-37-23-20-29-11-6-8-16-35(29)40(37)41-36-17-9-7-12-30(36)21-24-38(41)49;1-3-13-28(14-4-1)38-42-39(29-15-5-2-6-16-29)44-40(43-38)30-21-24-35(41-25-30)45-33-22-19-26-11-7-9-17-31(26)36(33)37-32-18-10-8-12-27(32)20-23-34(37)45/h1-30H;1-27H;1-25H. The Morgan fingerprint density at radius 1 is 0.131 bits per heavy atom. The molecular formula is C131H82N14. The van der Waals surface area contributed by atoms with Gasteiger partial charge in [0.2, 0.25) is 0 Å². The molecule has 676 valence electrons. The van der Waals surface area contributed by atoms with Gasteiger partial charge in [0, 0.05) is 100 Å². The lowest BCUT2D eigenvalue weighted by molar-refractivity contribution is 1.05. The zero-order valence-electron chi connectivity index (χ0n) is 78.1. The van der Waals surface area contributed by atoms with E-state index in [0.717, 1.165) is 106 Å². The van der Waals surface area contributed by atoms with E-state index in [9.17, 15) is 0 Å². The van der Waals surface area contributed by atoms with Crippen LogP contribution in [0.15, 0.2) is 498 Å². The Morgan fingerprint density at radius 2 is 0.331 bits per heavy atom. The van der Waals surface area contributed by atoms with Crippen LogP contribution in [0.5, 0.6) is 0 Å². The van der Waals surface area contributed by atoms with Gasteiger partial charge in [-0.05, 0) is 165 Å². The van der Waals surface area contributed by atoms with Crippen molar-refractivity contribution in [1.29, 1.82) is 0 Å². The van der Waals surface area contributed by atoms with Crippen LogP contribution in [-0.4, -0.2) is 68.5 Å². The van der Waals surface area contributed by atoms with Crippen LogP contribution in [0.3, 0.4) is 0 Å². The van der Waals surface area contributed by atoms with Gasteiger partial charge in [-0.2, -0.15) is 0 Å². The number of pyridine rings is 2. The highest BCUT2D eigenvalue weighted by Crippen LogP contribution is 2.46. The fourth-order valence-corrected chi connectivity index (χ4v) is 20.9. The summed E-state index contributed by atoms with van der Waals surface area (Å²) in [6.07, 6.45) is 3.75. The van der Waals surface area contributed by atoms with Gasteiger partial charge in [-0.3, -0.25) is 9.13 Å². The topological polar surface area (TPSA) is 157 Å². The number of nitrogens with zero attached hydrogens (tertiary/aromatic N) is 14. The average Bonchev–Trinajstić information content (AvgIpc) is 1.57. The van der Waals surface area contributed by atoms with Crippen molar-refractivity contribution in [2.24, 2.45) is 0 Å². The number of fused-ring (bicyclic) bond motifs is 22. The van der Waals surface area contributed by atoms with Gasteiger partial charge in [-0.25, -0.2) is 54.8 Å². The van der Waals surface area contributed by atoms with Gasteiger partial charge in [0.25, 0.3) is 0 Å². The van der Waals surface area contributed by atoms with Gasteiger partial charge < -0.3 is 4.57 Å². The summed E-state index contributed by atoms with van der Waals surface area (Å²) < 4.78 is 6.95. The van der Waals surface area contributed by atoms with E-state index in [1.807, 2.05) is 164 Å². The lowest BCUT2D eigenvalue weighted by Crippen LogP contribution is -2.01. The minimum Gasteiger partial charge on any atom is -0.309 e. The van der Waals surface area contributed by atoms with Crippen molar-refractivity contribution >= 4 is 141 Å². The van der Waals surface area contributed by atoms with Gasteiger partial charge >= 0.3 is 0 Å². The molecular weight excluding hydrogens is 1770 g/mol. The molecule has 0 aliphatic heterocycles. The summed E-state index contributed by atoms with van der Waals surface area (Å²) in [4.78, 5) is 54.2. The predicted molar refractivity (Wildman–Crippen MR) is 595 cm³/mol. The molecule has 0 radical (unpaired) electrons. The van der Waals surface area contributed by atoms with Gasteiger partial charge in [0.05, 0.1) is 33.1 Å². The third kappa shape index (κ3) is 15.3. The maximum atomic E-state index is 5.07. The summed E-state index contributed by atoms with van der Waals surface area (Å²) in [7, 11) is 0. The number of aromatic nitrogens is 14.